The van der Waals surface area contributed by atoms with Crippen LogP contribution in [0.5, 0.6) is 0 Å². The molecule has 0 saturated carbocycles. The standard InChI is InChI=1S/C9H10N2O6S2/c12-18(13,8-3-1-5-10-8)16-7-17-19(14,15)9-4-2-6-11-9/h1-6,10-11H,7H2. The summed E-state index contributed by atoms with van der Waals surface area (Å²) in [6, 6.07) is 5.48. The van der Waals surface area contributed by atoms with Crippen molar-refractivity contribution in [2.24, 2.45) is 0 Å². The first kappa shape index (κ1) is 13.8. The van der Waals surface area contributed by atoms with Gasteiger partial charge in [0.1, 0.15) is 0 Å². The van der Waals surface area contributed by atoms with Gasteiger partial charge in [0, 0.05) is 12.4 Å². The summed E-state index contributed by atoms with van der Waals surface area (Å²) in [6.07, 6.45) is 2.79. The van der Waals surface area contributed by atoms with Gasteiger partial charge in [-0.3, -0.25) is 0 Å². The van der Waals surface area contributed by atoms with Crippen molar-refractivity contribution in [1.82, 2.24) is 9.97 Å². The van der Waals surface area contributed by atoms with Gasteiger partial charge in [-0.15, -0.1) is 0 Å². The van der Waals surface area contributed by atoms with Crippen molar-refractivity contribution in [3.8, 4) is 0 Å². The number of nitrogens with one attached hydrogen (secondary N) is 2. The summed E-state index contributed by atoms with van der Waals surface area (Å²) >= 11 is 0. The Morgan fingerprint density at radius 1 is 0.842 bits per heavy atom. The molecule has 0 bridgehead atoms. The van der Waals surface area contributed by atoms with Crippen LogP contribution in [0.2, 0.25) is 0 Å². The first-order valence-electron chi connectivity index (χ1n) is 4.97. The van der Waals surface area contributed by atoms with Crippen LogP contribution in [0.3, 0.4) is 0 Å². The lowest BCUT2D eigenvalue weighted by atomic mass is 10.7. The molecule has 0 amide bonds. The van der Waals surface area contributed by atoms with Gasteiger partial charge >= 0.3 is 20.2 Å². The van der Waals surface area contributed by atoms with Gasteiger partial charge in [0.05, 0.1) is 0 Å². The topological polar surface area (TPSA) is 118 Å². The molecule has 2 heterocycles. The van der Waals surface area contributed by atoms with Gasteiger partial charge in [0.25, 0.3) is 0 Å². The van der Waals surface area contributed by atoms with E-state index >= 15 is 0 Å². The molecule has 2 rings (SSSR count). The van der Waals surface area contributed by atoms with Crippen LogP contribution in [0, 0.1) is 0 Å². The van der Waals surface area contributed by atoms with Crippen LogP contribution in [0.15, 0.2) is 46.7 Å². The maximum atomic E-state index is 11.5. The number of hydrogen-bond acceptors (Lipinski definition) is 6. The van der Waals surface area contributed by atoms with E-state index in [0.29, 0.717) is 0 Å². The van der Waals surface area contributed by atoms with Gasteiger partial charge in [-0.1, -0.05) is 0 Å². The highest BCUT2D eigenvalue weighted by atomic mass is 32.2. The van der Waals surface area contributed by atoms with E-state index in [1.54, 1.807) is 0 Å². The van der Waals surface area contributed by atoms with Crippen LogP contribution in [0.4, 0.5) is 0 Å². The first-order valence-corrected chi connectivity index (χ1v) is 7.79. The molecule has 0 radical (unpaired) electrons. The Morgan fingerprint density at radius 3 is 1.58 bits per heavy atom. The highest BCUT2D eigenvalue weighted by Crippen LogP contribution is 2.12. The van der Waals surface area contributed by atoms with Crippen molar-refractivity contribution >= 4 is 20.2 Å². The number of hydrogen-bond donors (Lipinski definition) is 2. The predicted octanol–water partition coefficient (Wildman–Crippen LogP) is 0.411. The summed E-state index contributed by atoms with van der Waals surface area (Å²) < 4.78 is 55.0. The monoisotopic (exact) mass is 306 g/mol. The summed E-state index contributed by atoms with van der Waals surface area (Å²) in [6.45, 7) is -0.942. The van der Waals surface area contributed by atoms with Crippen molar-refractivity contribution in [3.63, 3.8) is 0 Å². The molecule has 0 saturated heterocycles. The molecule has 0 aliphatic heterocycles. The van der Waals surface area contributed by atoms with E-state index < -0.39 is 27.0 Å². The lowest BCUT2D eigenvalue weighted by Gasteiger charge is -2.04. The van der Waals surface area contributed by atoms with E-state index in [0.717, 1.165) is 0 Å². The van der Waals surface area contributed by atoms with Crippen LogP contribution < -0.4 is 0 Å². The van der Waals surface area contributed by atoms with Crippen LogP contribution in [-0.2, 0) is 28.6 Å². The van der Waals surface area contributed by atoms with Gasteiger partial charge in [-0.2, -0.15) is 16.8 Å². The molecule has 0 atom stereocenters. The summed E-state index contributed by atoms with van der Waals surface area (Å²) in [5, 5.41) is -0.373. The molecule has 19 heavy (non-hydrogen) atoms. The summed E-state index contributed by atoms with van der Waals surface area (Å²) in [5.74, 6) is 0. The van der Waals surface area contributed by atoms with E-state index in [2.05, 4.69) is 18.3 Å². The van der Waals surface area contributed by atoms with Crippen LogP contribution in [-0.4, -0.2) is 33.6 Å². The van der Waals surface area contributed by atoms with Gasteiger partial charge in [0.15, 0.2) is 16.8 Å². The minimum absolute atomic E-state index is 0.187. The Morgan fingerprint density at radius 2 is 1.26 bits per heavy atom. The molecule has 10 heteroatoms. The smallest absolute Gasteiger partial charge is 0.314 e. The van der Waals surface area contributed by atoms with E-state index in [1.807, 2.05) is 0 Å². The SMILES string of the molecule is O=S(=O)(OCOS(=O)(=O)c1ccc[nH]1)c1ccc[nH]1. The molecule has 2 aromatic rings. The van der Waals surface area contributed by atoms with Crippen molar-refractivity contribution in [2.75, 3.05) is 6.79 Å². The molecule has 0 aliphatic carbocycles. The van der Waals surface area contributed by atoms with E-state index in [-0.39, 0.29) is 10.1 Å². The molecular formula is C9H10N2O6S2. The molecule has 0 unspecified atom stereocenters. The second-order valence-corrected chi connectivity index (χ2v) is 6.50. The van der Waals surface area contributed by atoms with Crippen LogP contribution in [0.1, 0.15) is 0 Å². The van der Waals surface area contributed by atoms with E-state index in [1.165, 1.54) is 36.7 Å². The normalized spacial score (nSPS) is 12.6. The fourth-order valence-corrected chi connectivity index (χ4v) is 2.79. The number of aromatic nitrogens is 2. The minimum Gasteiger partial charge on any atom is -0.350 e. The fraction of sp³-hybridized carbons (Fsp3) is 0.111. The summed E-state index contributed by atoms with van der Waals surface area (Å²) in [4.78, 5) is 4.86. The van der Waals surface area contributed by atoms with Crippen molar-refractivity contribution in [3.05, 3.63) is 36.7 Å². The highest BCUT2D eigenvalue weighted by molar-refractivity contribution is 7.87. The molecule has 8 nitrogen and oxygen atoms in total. The Hall–Kier alpha value is -1.62. The third-order valence-electron chi connectivity index (χ3n) is 2.08. The number of rotatable bonds is 6. The van der Waals surface area contributed by atoms with Crippen molar-refractivity contribution < 1.29 is 25.2 Å². The van der Waals surface area contributed by atoms with Crippen LogP contribution >= 0.6 is 0 Å². The largest absolute Gasteiger partial charge is 0.350 e. The quantitative estimate of drug-likeness (QED) is 0.589. The molecule has 2 N–H and O–H groups in total. The van der Waals surface area contributed by atoms with E-state index in [4.69, 9.17) is 0 Å². The number of aromatic amines is 2. The molecule has 104 valence electrons. The van der Waals surface area contributed by atoms with Crippen LogP contribution in [0.25, 0.3) is 0 Å². The van der Waals surface area contributed by atoms with Crippen molar-refractivity contribution in [1.29, 1.82) is 0 Å². The van der Waals surface area contributed by atoms with Gasteiger partial charge in [-0.25, -0.2) is 8.37 Å². The highest BCUT2D eigenvalue weighted by Gasteiger charge is 2.20. The Balaban J connectivity index is 1.98. The van der Waals surface area contributed by atoms with Gasteiger partial charge in [0.2, 0.25) is 0 Å². The average Bonchev–Trinajstić information content (AvgIpc) is 3.03. The second-order valence-electron chi connectivity index (χ2n) is 3.33. The Labute approximate surface area is 109 Å². The Bertz CT molecular complexity index is 652. The molecule has 0 spiro atoms. The summed E-state index contributed by atoms with van der Waals surface area (Å²) in [5.41, 5.74) is 0. The minimum atomic E-state index is -4.06. The maximum absolute atomic E-state index is 11.5. The summed E-state index contributed by atoms with van der Waals surface area (Å²) in [7, 11) is -8.13. The molecule has 2 aromatic heterocycles. The lowest BCUT2D eigenvalue weighted by Crippen LogP contribution is -2.14. The molecule has 0 fully saturated rings. The molecule has 0 aliphatic rings. The Kier molecular flexibility index (Phi) is 3.75. The third-order valence-corrected chi connectivity index (χ3v) is 4.48. The van der Waals surface area contributed by atoms with Crippen molar-refractivity contribution in [2.45, 2.75) is 10.1 Å². The fourth-order valence-electron chi connectivity index (χ4n) is 1.21. The maximum Gasteiger partial charge on any atom is 0.314 e. The third kappa shape index (κ3) is 3.23. The predicted molar refractivity (Wildman–Crippen MR) is 63.0 cm³/mol. The van der Waals surface area contributed by atoms with Gasteiger partial charge < -0.3 is 9.97 Å². The van der Waals surface area contributed by atoms with Gasteiger partial charge in [-0.05, 0) is 24.3 Å². The number of H-pyrrole nitrogens is 2. The molecule has 0 aromatic carbocycles. The lowest BCUT2D eigenvalue weighted by molar-refractivity contribution is 0.131. The first-order chi connectivity index (χ1) is 8.92. The molecular weight excluding hydrogens is 296 g/mol. The second kappa shape index (κ2) is 5.17. The zero-order valence-electron chi connectivity index (χ0n) is 9.44. The zero-order valence-corrected chi connectivity index (χ0v) is 11.1. The zero-order chi connectivity index (χ0) is 13.9. The van der Waals surface area contributed by atoms with E-state index in [9.17, 15) is 16.8 Å². The average molecular weight is 306 g/mol.